The number of carbonyl (C=O) groups is 2. The molecule has 0 N–H and O–H groups in total. The summed E-state index contributed by atoms with van der Waals surface area (Å²) in [6.45, 7) is 0. The van der Waals surface area contributed by atoms with Gasteiger partial charge in [0.2, 0.25) is 5.91 Å². The number of esters is 1. The number of ether oxygens (including phenoxy) is 1. The second-order valence-electron chi connectivity index (χ2n) is 3.78. The van der Waals surface area contributed by atoms with Gasteiger partial charge < -0.3 is 9.64 Å². The van der Waals surface area contributed by atoms with Crippen LogP contribution in [-0.4, -0.2) is 37.5 Å². The van der Waals surface area contributed by atoms with Gasteiger partial charge in [-0.1, -0.05) is 12.1 Å². The number of methoxy groups -OCH3 is 1. The summed E-state index contributed by atoms with van der Waals surface area (Å²) in [4.78, 5) is 24.0. The first-order valence-electron chi connectivity index (χ1n) is 5.72. The number of thioether (sulfide) groups is 1. The zero-order chi connectivity index (χ0) is 14.3. The Kier molecular flexibility index (Phi) is 6.35. The molecule has 0 atom stereocenters. The lowest BCUT2D eigenvalue weighted by atomic mass is 10.2. The lowest BCUT2D eigenvalue weighted by Gasteiger charge is -2.17. The second kappa shape index (κ2) is 7.78. The van der Waals surface area contributed by atoms with Crippen LogP contribution in [0.1, 0.15) is 6.42 Å². The standard InChI is InChI=1S/C13H16FNO3S/c1-15(11-6-4-3-5-10(11)14)12(16)7-8-19-9-13(17)18-2/h3-6H,7-9H2,1-2H3. The Morgan fingerprint density at radius 3 is 2.68 bits per heavy atom. The molecule has 104 valence electrons. The van der Waals surface area contributed by atoms with E-state index in [1.807, 2.05) is 0 Å². The van der Waals surface area contributed by atoms with Crippen LogP contribution in [0.25, 0.3) is 0 Å². The average Bonchev–Trinajstić information content (AvgIpc) is 2.42. The molecule has 0 aromatic heterocycles. The topological polar surface area (TPSA) is 46.6 Å². The Morgan fingerprint density at radius 2 is 2.05 bits per heavy atom. The number of amides is 1. The van der Waals surface area contributed by atoms with Crippen molar-refractivity contribution >= 4 is 29.3 Å². The molecule has 0 aliphatic rings. The highest BCUT2D eigenvalue weighted by atomic mass is 32.2. The fraction of sp³-hybridized carbons (Fsp3) is 0.385. The highest BCUT2D eigenvalue weighted by Crippen LogP contribution is 2.18. The summed E-state index contributed by atoms with van der Waals surface area (Å²) in [5.41, 5.74) is 0.255. The minimum absolute atomic E-state index is 0.192. The zero-order valence-corrected chi connectivity index (χ0v) is 11.7. The van der Waals surface area contributed by atoms with Crippen molar-refractivity contribution in [2.45, 2.75) is 6.42 Å². The predicted molar refractivity (Wildman–Crippen MR) is 73.8 cm³/mol. The Bertz CT molecular complexity index is 453. The minimum atomic E-state index is -0.430. The fourth-order valence-corrected chi connectivity index (χ4v) is 2.15. The number of benzene rings is 1. The van der Waals surface area contributed by atoms with Gasteiger partial charge in [-0.25, -0.2) is 4.39 Å². The molecule has 0 spiro atoms. The van der Waals surface area contributed by atoms with Crippen LogP contribution >= 0.6 is 11.8 Å². The Labute approximate surface area is 115 Å². The van der Waals surface area contributed by atoms with Crippen molar-refractivity contribution in [1.82, 2.24) is 0 Å². The summed E-state index contributed by atoms with van der Waals surface area (Å²) in [5, 5.41) is 0. The third-order valence-electron chi connectivity index (χ3n) is 2.50. The van der Waals surface area contributed by atoms with E-state index in [9.17, 15) is 14.0 Å². The molecule has 6 heteroatoms. The van der Waals surface area contributed by atoms with Crippen molar-refractivity contribution < 1.29 is 18.7 Å². The first-order chi connectivity index (χ1) is 9.06. The zero-order valence-electron chi connectivity index (χ0n) is 10.9. The Hall–Kier alpha value is -1.56. The monoisotopic (exact) mass is 285 g/mol. The molecule has 1 aromatic rings. The van der Waals surface area contributed by atoms with Crippen LogP contribution in [-0.2, 0) is 14.3 Å². The summed E-state index contributed by atoms with van der Waals surface area (Å²) in [6.07, 6.45) is 0.243. The molecule has 0 aliphatic heterocycles. The number of hydrogen-bond acceptors (Lipinski definition) is 4. The van der Waals surface area contributed by atoms with Crippen molar-refractivity contribution in [3.8, 4) is 0 Å². The molecule has 0 fully saturated rings. The second-order valence-corrected chi connectivity index (χ2v) is 4.89. The number of carbonyl (C=O) groups excluding carboxylic acids is 2. The van der Waals surface area contributed by atoms with E-state index in [2.05, 4.69) is 4.74 Å². The van der Waals surface area contributed by atoms with Crippen LogP contribution in [0.4, 0.5) is 10.1 Å². The number of hydrogen-bond donors (Lipinski definition) is 0. The number of halogens is 1. The van der Waals surface area contributed by atoms with Crippen molar-refractivity contribution in [3.05, 3.63) is 30.1 Å². The Balaban J connectivity index is 2.42. The molecule has 0 saturated heterocycles. The van der Waals surface area contributed by atoms with Crippen LogP contribution < -0.4 is 4.90 Å². The minimum Gasteiger partial charge on any atom is -0.468 e. The maximum absolute atomic E-state index is 13.5. The van der Waals surface area contributed by atoms with Gasteiger partial charge in [0, 0.05) is 19.2 Å². The molecule has 0 saturated carbocycles. The van der Waals surface area contributed by atoms with E-state index in [0.29, 0.717) is 5.75 Å². The van der Waals surface area contributed by atoms with Gasteiger partial charge in [-0.15, -0.1) is 11.8 Å². The lowest BCUT2D eigenvalue weighted by Crippen LogP contribution is -2.27. The maximum Gasteiger partial charge on any atom is 0.315 e. The maximum atomic E-state index is 13.5. The van der Waals surface area contributed by atoms with Crippen LogP contribution in [0, 0.1) is 5.82 Å². The van der Waals surface area contributed by atoms with Gasteiger partial charge in [0.25, 0.3) is 0 Å². The lowest BCUT2D eigenvalue weighted by molar-refractivity contribution is -0.137. The Morgan fingerprint density at radius 1 is 1.37 bits per heavy atom. The summed E-state index contributed by atoms with van der Waals surface area (Å²) >= 11 is 1.32. The molecule has 0 unspecified atom stereocenters. The molecular formula is C13H16FNO3S. The van der Waals surface area contributed by atoms with E-state index < -0.39 is 5.82 Å². The molecule has 19 heavy (non-hydrogen) atoms. The first kappa shape index (κ1) is 15.5. The molecule has 0 aliphatic carbocycles. The van der Waals surface area contributed by atoms with E-state index >= 15 is 0 Å². The third kappa shape index (κ3) is 4.90. The van der Waals surface area contributed by atoms with Gasteiger partial charge in [-0.05, 0) is 12.1 Å². The average molecular weight is 285 g/mol. The number of nitrogens with zero attached hydrogens (tertiary/aromatic N) is 1. The van der Waals surface area contributed by atoms with Crippen LogP contribution in [0.15, 0.2) is 24.3 Å². The molecule has 1 rings (SSSR count). The highest BCUT2D eigenvalue weighted by molar-refractivity contribution is 7.99. The summed E-state index contributed by atoms with van der Waals surface area (Å²) < 4.78 is 18.0. The van der Waals surface area contributed by atoms with Crippen LogP contribution in [0.3, 0.4) is 0 Å². The van der Waals surface area contributed by atoms with Gasteiger partial charge in [0.15, 0.2) is 0 Å². The van der Waals surface area contributed by atoms with Crippen molar-refractivity contribution in [1.29, 1.82) is 0 Å². The first-order valence-corrected chi connectivity index (χ1v) is 6.87. The van der Waals surface area contributed by atoms with Gasteiger partial charge >= 0.3 is 5.97 Å². The fourth-order valence-electron chi connectivity index (χ4n) is 1.40. The van der Waals surface area contributed by atoms with E-state index in [0.717, 1.165) is 0 Å². The van der Waals surface area contributed by atoms with Gasteiger partial charge in [-0.2, -0.15) is 0 Å². The molecule has 1 aromatic carbocycles. The van der Waals surface area contributed by atoms with E-state index in [4.69, 9.17) is 0 Å². The number of anilines is 1. The van der Waals surface area contributed by atoms with E-state index in [1.165, 1.54) is 36.9 Å². The molecule has 1 amide bonds. The normalized spacial score (nSPS) is 10.1. The van der Waals surface area contributed by atoms with Crippen LogP contribution in [0.5, 0.6) is 0 Å². The highest BCUT2D eigenvalue weighted by Gasteiger charge is 2.14. The predicted octanol–water partition coefficient (Wildman–Crippen LogP) is 2.08. The molecule has 0 bridgehead atoms. The largest absolute Gasteiger partial charge is 0.468 e. The third-order valence-corrected chi connectivity index (χ3v) is 3.43. The van der Waals surface area contributed by atoms with Crippen molar-refractivity contribution in [3.63, 3.8) is 0 Å². The quantitative estimate of drug-likeness (QED) is 0.593. The number of rotatable bonds is 6. The van der Waals surface area contributed by atoms with E-state index in [-0.39, 0.29) is 29.7 Å². The molecular weight excluding hydrogens is 269 g/mol. The number of para-hydroxylation sites is 1. The molecule has 4 nitrogen and oxygen atoms in total. The summed E-state index contributed by atoms with van der Waals surface area (Å²) in [7, 11) is 2.85. The SMILES string of the molecule is COC(=O)CSCCC(=O)N(C)c1ccccc1F. The van der Waals surface area contributed by atoms with Gasteiger partial charge in [-0.3, -0.25) is 9.59 Å². The molecule has 0 heterocycles. The van der Waals surface area contributed by atoms with E-state index in [1.54, 1.807) is 18.2 Å². The van der Waals surface area contributed by atoms with Crippen molar-refractivity contribution in [2.24, 2.45) is 0 Å². The van der Waals surface area contributed by atoms with Gasteiger partial charge in [0.1, 0.15) is 5.82 Å². The summed E-state index contributed by atoms with van der Waals surface area (Å²) in [5.74, 6) is -0.233. The summed E-state index contributed by atoms with van der Waals surface area (Å²) in [6, 6.07) is 6.11. The van der Waals surface area contributed by atoms with Crippen LogP contribution in [0.2, 0.25) is 0 Å². The van der Waals surface area contributed by atoms with Gasteiger partial charge in [0.05, 0.1) is 18.6 Å². The molecule has 0 radical (unpaired) electrons. The smallest absolute Gasteiger partial charge is 0.315 e. The van der Waals surface area contributed by atoms with Crippen molar-refractivity contribution in [2.75, 3.05) is 30.6 Å².